The molecule has 0 bridgehead atoms. The number of rotatable bonds is 7. The molecule has 0 N–H and O–H groups in total. The third-order valence-electron chi connectivity index (χ3n) is 11.1. The highest BCUT2D eigenvalue weighted by Crippen LogP contribution is 2.68. The van der Waals surface area contributed by atoms with Crippen LogP contribution >= 0.6 is 0 Å². The number of fused-ring (bicyclic) bond motifs is 5. The molecule has 0 spiro atoms. The van der Waals surface area contributed by atoms with Gasteiger partial charge in [-0.3, -0.25) is 0 Å². The quantitative estimate of drug-likeness (QED) is 0.266. The molecule has 7 unspecified atom stereocenters. The fourth-order valence-electron chi connectivity index (χ4n) is 9.37. The summed E-state index contributed by atoms with van der Waals surface area (Å²) in [5.74, 6) is 6.55. The summed E-state index contributed by atoms with van der Waals surface area (Å²) in [5, 5.41) is 4.69. The van der Waals surface area contributed by atoms with E-state index in [2.05, 4.69) is 59.4 Å². The molecular formula is C30H55NOSi. The van der Waals surface area contributed by atoms with E-state index in [9.17, 15) is 0 Å². The molecule has 0 aromatic heterocycles. The Labute approximate surface area is 207 Å². The predicted molar refractivity (Wildman–Crippen MR) is 145 cm³/mol. The Morgan fingerprint density at radius 1 is 0.909 bits per heavy atom. The minimum Gasteiger partial charge on any atom is -0.456 e. The molecule has 0 radical (unpaired) electrons. The molecule has 0 aromatic carbocycles. The molecule has 0 amide bonds. The molecule has 0 aromatic rings. The number of hydrogen-bond acceptors (Lipinski definition) is 2. The second-order valence-electron chi connectivity index (χ2n) is 14.8. The minimum atomic E-state index is -1.57. The van der Waals surface area contributed by atoms with Crippen LogP contribution in [-0.4, -0.2) is 14.0 Å². The van der Waals surface area contributed by atoms with Crippen LogP contribution in [0.15, 0.2) is 5.16 Å². The maximum absolute atomic E-state index is 5.96. The molecule has 8 atom stereocenters. The van der Waals surface area contributed by atoms with Gasteiger partial charge in [-0.25, -0.2) is 0 Å². The third kappa shape index (κ3) is 5.14. The summed E-state index contributed by atoms with van der Waals surface area (Å²) in [6.07, 6.45) is 17.0. The van der Waals surface area contributed by atoms with Crippen molar-refractivity contribution in [1.29, 1.82) is 0 Å². The smallest absolute Gasteiger partial charge is 0.278 e. The van der Waals surface area contributed by atoms with E-state index < -0.39 is 8.32 Å². The van der Waals surface area contributed by atoms with Crippen LogP contribution in [0.4, 0.5) is 0 Å². The third-order valence-corrected chi connectivity index (χ3v) is 11.8. The van der Waals surface area contributed by atoms with Gasteiger partial charge in [0.1, 0.15) is 0 Å². The van der Waals surface area contributed by atoms with Gasteiger partial charge in [-0.2, -0.15) is 0 Å². The van der Waals surface area contributed by atoms with Crippen molar-refractivity contribution in [3.63, 3.8) is 0 Å². The summed E-state index contributed by atoms with van der Waals surface area (Å²) < 4.78 is 5.96. The lowest BCUT2D eigenvalue weighted by molar-refractivity contribution is -0.105. The SMILES string of the molecule is CC(C)CCCC(C)C1CCC2C3CC[C@@H]4CC(=NO[Si](C)(C)C)CCC4(C)C3CCC12C. The largest absolute Gasteiger partial charge is 0.456 e. The van der Waals surface area contributed by atoms with E-state index in [-0.39, 0.29) is 0 Å². The maximum Gasteiger partial charge on any atom is 0.278 e. The molecule has 0 heterocycles. The molecule has 2 nitrogen and oxygen atoms in total. The van der Waals surface area contributed by atoms with Gasteiger partial charge in [0.2, 0.25) is 0 Å². The summed E-state index contributed by atoms with van der Waals surface area (Å²) in [4.78, 5) is 0. The van der Waals surface area contributed by atoms with Crippen LogP contribution in [0.5, 0.6) is 0 Å². The molecule has 190 valence electrons. The highest BCUT2D eigenvalue weighted by molar-refractivity contribution is 6.69. The van der Waals surface area contributed by atoms with E-state index in [4.69, 9.17) is 4.53 Å². The first-order chi connectivity index (χ1) is 15.4. The zero-order valence-electron chi connectivity index (χ0n) is 23.4. The highest BCUT2D eigenvalue weighted by atomic mass is 28.4. The second kappa shape index (κ2) is 9.62. The van der Waals surface area contributed by atoms with Crippen LogP contribution in [-0.2, 0) is 4.53 Å². The van der Waals surface area contributed by atoms with Crippen molar-refractivity contribution < 1.29 is 4.53 Å². The van der Waals surface area contributed by atoms with Crippen LogP contribution in [0.1, 0.15) is 112 Å². The van der Waals surface area contributed by atoms with E-state index in [1.807, 2.05) is 0 Å². The fourth-order valence-corrected chi connectivity index (χ4v) is 9.77. The molecule has 4 saturated carbocycles. The topological polar surface area (TPSA) is 21.6 Å². The second-order valence-corrected chi connectivity index (χ2v) is 19.2. The monoisotopic (exact) mass is 473 g/mol. The van der Waals surface area contributed by atoms with Gasteiger partial charge in [-0.1, -0.05) is 53.9 Å². The van der Waals surface area contributed by atoms with E-state index in [0.29, 0.717) is 10.8 Å². The lowest BCUT2D eigenvalue weighted by Gasteiger charge is -2.60. The average molecular weight is 474 g/mol. The maximum atomic E-state index is 5.96. The van der Waals surface area contributed by atoms with Gasteiger partial charge in [0.15, 0.2) is 0 Å². The molecular weight excluding hydrogens is 418 g/mol. The zero-order valence-corrected chi connectivity index (χ0v) is 24.4. The van der Waals surface area contributed by atoms with Crippen LogP contribution in [0.2, 0.25) is 19.6 Å². The van der Waals surface area contributed by atoms with Crippen LogP contribution in [0.3, 0.4) is 0 Å². The molecule has 4 aliphatic carbocycles. The lowest BCUT2D eigenvalue weighted by atomic mass is 9.44. The first kappa shape index (κ1) is 25.8. The van der Waals surface area contributed by atoms with Crippen LogP contribution < -0.4 is 0 Å². The Morgan fingerprint density at radius 2 is 1.64 bits per heavy atom. The summed E-state index contributed by atoms with van der Waals surface area (Å²) >= 11 is 0. The van der Waals surface area contributed by atoms with Crippen molar-refractivity contribution in [2.75, 3.05) is 0 Å². The Bertz CT molecular complexity index is 711. The molecule has 4 fully saturated rings. The Kier molecular flexibility index (Phi) is 7.51. The molecule has 0 aliphatic heterocycles. The van der Waals surface area contributed by atoms with Gasteiger partial charge in [0.25, 0.3) is 8.32 Å². The lowest BCUT2D eigenvalue weighted by Crippen LogP contribution is -2.53. The summed E-state index contributed by atoms with van der Waals surface area (Å²) in [6.45, 7) is 19.5. The average Bonchev–Trinajstić information content (AvgIpc) is 3.08. The molecule has 3 heteroatoms. The van der Waals surface area contributed by atoms with Gasteiger partial charge in [-0.05, 0) is 130 Å². The van der Waals surface area contributed by atoms with E-state index >= 15 is 0 Å². The van der Waals surface area contributed by atoms with Crippen LogP contribution in [0, 0.1) is 52.3 Å². The van der Waals surface area contributed by atoms with Gasteiger partial charge >= 0.3 is 0 Å². The van der Waals surface area contributed by atoms with E-state index in [0.717, 1.165) is 41.4 Å². The van der Waals surface area contributed by atoms with Gasteiger partial charge < -0.3 is 4.53 Å². The van der Waals surface area contributed by atoms with Crippen LogP contribution in [0.25, 0.3) is 0 Å². The first-order valence-corrected chi connectivity index (χ1v) is 18.1. The summed E-state index contributed by atoms with van der Waals surface area (Å²) in [5.41, 5.74) is 2.53. The molecule has 4 aliphatic rings. The van der Waals surface area contributed by atoms with Crippen molar-refractivity contribution in [2.24, 2.45) is 57.4 Å². The summed E-state index contributed by atoms with van der Waals surface area (Å²) in [7, 11) is -1.57. The van der Waals surface area contributed by atoms with E-state index in [1.165, 1.54) is 82.8 Å². The molecule has 33 heavy (non-hydrogen) atoms. The van der Waals surface area contributed by atoms with Crippen molar-refractivity contribution in [3.8, 4) is 0 Å². The van der Waals surface area contributed by atoms with E-state index in [1.54, 1.807) is 0 Å². The fraction of sp³-hybridized carbons (Fsp3) is 0.967. The van der Waals surface area contributed by atoms with Gasteiger partial charge in [-0.15, -0.1) is 5.16 Å². The van der Waals surface area contributed by atoms with Gasteiger partial charge in [0.05, 0.1) is 5.71 Å². The van der Waals surface area contributed by atoms with Gasteiger partial charge in [0, 0.05) is 0 Å². The van der Waals surface area contributed by atoms with Crippen molar-refractivity contribution in [2.45, 2.75) is 131 Å². The standard InChI is InChI=1S/C30H55NOSi/c1-21(2)10-9-11-22(3)26-14-15-27-25-13-12-23-20-24(31-32-33(6,7)8)16-18-29(23,4)28(25)17-19-30(26,27)5/h21-23,25-28H,9-20H2,1-8H3/t22?,23-,25?,26?,27?,28?,29?,30?/m1/s1. The predicted octanol–water partition coefficient (Wildman–Crippen LogP) is 9.32. The number of nitrogens with zero attached hydrogens (tertiary/aromatic N) is 1. The Hall–Kier alpha value is -0.313. The first-order valence-electron chi connectivity index (χ1n) is 14.7. The minimum absolute atomic E-state index is 0.545. The van der Waals surface area contributed by atoms with Crippen molar-refractivity contribution in [3.05, 3.63) is 0 Å². The van der Waals surface area contributed by atoms with Crippen molar-refractivity contribution in [1.82, 2.24) is 0 Å². The van der Waals surface area contributed by atoms with Crippen molar-refractivity contribution >= 4 is 14.0 Å². The Morgan fingerprint density at radius 3 is 2.33 bits per heavy atom. The number of hydrogen-bond donors (Lipinski definition) is 0. The molecule has 0 saturated heterocycles. The Balaban J connectivity index is 1.42. The number of oxime groups is 1. The normalized spacial score (nSPS) is 43.2. The highest BCUT2D eigenvalue weighted by Gasteiger charge is 2.60. The molecule has 4 rings (SSSR count). The zero-order chi connectivity index (χ0) is 24.0. The summed E-state index contributed by atoms with van der Waals surface area (Å²) in [6, 6.07) is 0.